The van der Waals surface area contributed by atoms with Gasteiger partial charge in [0, 0.05) is 11.1 Å². The van der Waals surface area contributed by atoms with Crippen LogP contribution in [0.15, 0.2) is 29.6 Å². The molecule has 1 N–H and O–H groups in total. The Labute approximate surface area is 129 Å². The first-order chi connectivity index (χ1) is 10.1. The van der Waals surface area contributed by atoms with E-state index in [2.05, 4.69) is 36.3 Å². The Balaban J connectivity index is 1.97. The Kier molecular flexibility index (Phi) is 5.33. The summed E-state index contributed by atoms with van der Waals surface area (Å²) in [5.41, 5.74) is 3.04. The molecule has 1 heterocycles. The number of hydrogen-bond donors (Lipinski definition) is 1. The molecule has 0 spiro atoms. The van der Waals surface area contributed by atoms with Gasteiger partial charge in [0.05, 0.1) is 18.7 Å². The number of rotatable bonds is 6. The van der Waals surface area contributed by atoms with Crippen molar-refractivity contribution in [2.75, 3.05) is 11.9 Å². The third-order valence-electron chi connectivity index (χ3n) is 3.01. The maximum absolute atomic E-state index is 11.4. The van der Waals surface area contributed by atoms with Crippen LogP contribution in [0, 0.1) is 0 Å². The molecule has 0 amide bonds. The van der Waals surface area contributed by atoms with Gasteiger partial charge in [-0.05, 0) is 30.5 Å². The van der Waals surface area contributed by atoms with Crippen LogP contribution in [0.4, 0.5) is 10.8 Å². The van der Waals surface area contributed by atoms with Gasteiger partial charge in [-0.15, -0.1) is 11.3 Å². The summed E-state index contributed by atoms with van der Waals surface area (Å²) >= 11 is 1.48. The topological polar surface area (TPSA) is 51.2 Å². The summed E-state index contributed by atoms with van der Waals surface area (Å²) in [4.78, 5) is 15.8. The van der Waals surface area contributed by atoms with Crippen molar-refractivity contribution < 1.29 is 9.53 Å². The minimum absolute atomic E-state index is 0.221. The van der Waals surface area contributed by atoms with E-state index < -0.39 is 0 Å². The highest BCUT2D eigenvalue weighted by atomic mass is 32.1. The van der Waals surface area contributed by atoms with Gasteiger partial charge < -0.3 is 10.1 Å². The van der Waals surface area contributed by atoms with Crippen molar-refractivity contribution in [2.45, 2.75) is 33.1 Å². The average Bonchev–Trinajstić information content (AvgIpc) is 2.86. The lowest BCUT2D eigenvalue weighted by Gasteiger charge is -2.07. The van der Waals surface area contributed by atoms with E-state index >= 15 is 0 Å². The number of carbonyl (C=O) groups is 1. The van der Waals surface area contributed by atoms with Crippen molar-refractivity contribution in [3.05, 3.63) is 40.9 Å². The number of aromatic nitrogens is 1. The Hall–Kier alpha value is -1.88. The number of esters is 1. The molecule has 1 aromatic heterocycles. The molecule has 1 aromatic carbocycles. The Morgan fingerprint density at radius 3 is 2.67 bits per heavy atom. The summed E-state index contributed by atoms with van der Waals surface area (Å²) in [6.45, 7) is 6.54. The van der Waals surface area contributed by atoms with E-state index in [0.717, 1.165) is 16.5 Å². The summed E-state index contributed by atoms with van der Waals surface area (Å²) in [5, 5.41) is 5.91. The predicted octanol–water partition coefficient (Wildman–Crippen LogP) is 4.12. The monoisotopic (exact) mass is 304 g/mol. The molecule has 21 heavy (non-hydrogen) atoms. The normalized spacial score (nSPS) is 10.7. The van der Waals surface area contributed by atoms with Crippen LogP contribution in [0.3, 0.4) is 0 Å². The van der Waals surface area contributed by atoms with Crippen molar-refractivity contribution in [3.63, 3.8) is 0 Å². The molecule has 0 fully saturated rings. The summed E-state index contributed by atoms with van der Waals surface area (Å²) in [6, 6.07) is 8.31. The van der Waals surface area contributed by atoms with Gasteiger partial charge in [0.2, 0.25) is 0 Å². The molecule has 0 aliphatic heterocycles. The van der Waals surface area contributed by atoms with Crippen molar-refractivity contribution in [1.29, 1.82) is 0 Å². The van der Waals surface area contributed by atoms with Gasteiger partial charge >= 0.3 is 5.97 Å². The SMILES string of the molecule is CCOC(=O)Cc1csc(Nc2ccc(C(C)C)cc2)n1. The Morgan fingerprint density at radius 2 is 2.05 bits per heavy atom. The first kappa shape index (κ1) is 15.5. The van der Waals surface area contributed by atoms with Crippen LogP contribution in [0.2, 0.25) is 0 Å². The molecular weight excluding hydrogens is 284 g/mol. The fourth-order valence-electron chi connectivity index (χ4n) is 1.88. The van der Waals surface area contributed by atoms with E-state index in [-0.39, 0.29) is 12.4 Å². The Morgan fingerprint density at radius 1 is 1.33 bits per heavy atom. The zero-order valence-corrected chi connectivity index (χ0v) is 13.4. The van der Waals surface area contributed by atoms with E-state index in [1.807, 2.05) is 17.5 Å². The average molecular weight is 304 g/mol. The van der Waals surface area contributed by atoms with Gasteiger partial charge in [0.15, 0.2) is 5.13 Å². The van der Waals surface area contributed by atoms with Crippen LogP contribution in [0.5, 0.6) is 0 Å². The molecule has 0 saturated heterocycles. The second-order valence-electron chi connectivity index (χ2n) is 5.03. The van der Waals surface area contributed by atoms with Crippen molar-refractivity contribution in [1.82, 2.24) is 4.98 Å². The number of thiazole rings is 1. The van der Waals surface area contributed by atoms with Gasteiger partial charge in [-0.2, -0.15) is 0 Å². The van der Waals surface area contributed by atoms with Crippen LogP contribution in [0.25, 0.3) is 0 Å². The lowest BCUT2D eigenvalue weighted by atomic mass is 10.0. The molecule has 2 rings (SSSR count). The first-order valence-electron chi connectivity index (χ1n) is 7.05. The largest absolute Gasteiger partial charge is 0.466 e. The Bertz CT molecular complexity index is 591. The standard InChI is InChI=1S/C16H20N2O2S/c1-4-20-15(19)9-14-10-21-16(18-14)17-13-7-5-12(6-8-13)11(2)3/h5-8,10-11H,4,9H2,1-3H3,(H,17,18). The summed E-state index contributed by atoms with van der Waals surface area (Å²) in [6.07, 6.45) is 0.221. The van der Waals surface area contributed by atoms with Crippen LogP contribution in [-0.2, 0) is 16.0 Å². The number of carbonyl (C=O) groups excluding carboxylic acids is 1. The minimum Gasteiger partial charge on any atom is -0.466 e. The summed E-state index contributed by atoms with van der Waals surface area (Å²) in [7, 11) is 0. The van der Waals surface area contributed by atoms with Gasteiger partial charge in [-0.3, -0.25) is 4.79 Å². The lowest BCUT2D eigenvalue weighted by Crippen LogP contribution is -2.07. The molecule has 0 atom stereocenters. The smallest absolute Gasteiger partial charge is 0.311 e. The summed E-state index contributed by atoms with van der Waals surface area (Å²) < 4.78 is 4.91. The van der Waals surface area contributed by atoms with Gasteiger partial charge in [-0.1, -0.05) is 26.0 Å². The molecule has 5 heteroatoms. The maximum atomic E-state index is 11.4. The summed E-state index contributed by atoms with van der Waals surface area (Å²) in [5.74, 6) is 0.283. The van der Waals surface area contributed by atoms with Crippen LogP contribution in [0.1, 0.15) is 37.9 Å². The molecule has 0 saturated carbocycles. The number of benzene rings is 1. The van der Waals surface area contributed by atoms with E-state index in [1.165, 1.54) is 16.9 Å². The van der Waals surface area contributed by atoms with Crippen LogP contribution >= 0.6 is 11.3 Å². The van der Waals surface area contributed by atoms with E-state index in [9.17, 15) is 4.79 Å². The fourth-order valence-corrected chi connectivity index (χ4v) is 2.61. The number of anilines is 2. The molecule has 0 aliphatic rings. The number of nitrogens with zero attached hydrogens (tertiary/aromatic N) is 1. The number of nitrogens with one attached hydrogen (secondary N) is 1. The molecule has 0 radical (unpaired) electrons. The van der Waals surface area contributed by atoms with Crippen LogP contribution in [-0.4, -0.2) is 17.6 Å². The number of hydrogen-bond acceptors (Lipinski definition) is 5. The predicted molar refractivity (Wildman–Crippen MR) is 86.3 cm³/mol. The molecule has 2 aromatic rings. The molecule has 0 bridgehead atoms. The van der Waals surface area contributed by atoms with Gasteiger partial charge in [0.1, 0.15) is 0 Å². The van der Waals surface area contributed by atoms with E-state index in [0.29, 0.717) is 12.5 Å². The molecule has 0 aliphatic carbocycles. The highest BCUT2D eigenvalue weighted by molar-refractivity contribution is 7.13. The zero-order chi connectivity index (χ0) is 15.2. The van der Waals surface area contributed by atoms with Gasteiger partial charge in [0.25, 0.3) is 0 Å². The zero-order valence-electron chi connectivity index (χ0n) is 12.6. The van der Waals surface area contributed by atoms with Crippen molar-refractivity contribution in [2.24, 2.45) is 0 Å². The molecule has 0 unspecified atom stereocenters. The lowest BCUT2D eigenvalue weighted by molar-refractivity contribution is -0.142. The molecule has 112 valence electrons. The second kappa shape index (κ2) is 7.22. The van der Waals surface area contributed by atoms with Crippen molar-refractivity contribution >= 4 is 28.1 Å². The number of ether oxygens (including phenoxy) is 1. The van der Waals surface area contributed by atoms with Gasteiger partial charge in [-0.25, -0.2) is 4.98 Å². The molecule has 4 nitrogen and oxygen atoms in total. The quantitative estimate of drug-likeness (QED) is 0.816. The second-order valence-corrected chi connectivity index (χ2v) is 5.89. The first-order valence-corrected chi connectivity index (χ1v) is 7.93. The minimum atomic E-state index is -0.240. The molecular formula is C16H20N2O2S. The third kappa shape index (κ3) is 4.56. The van der Waals surface area contributed by atoms with Crippen molar-refractivity contribution in [3.8, 4) is 0 Å². The van der Waals surface area contributed by atoms with E-state index in [4.69, 9.17) is 4.74 Å². The highest BCUT2D eigenvalue weighted by Gasteiger charge is 2.08. The van der Waals surface area contributed by atoms with Crippen LogP contribution < -0.4 is 5.32 Å². The maximum Gasteiger partial charge on any atom is 0.311 e. The highest BCUT2D eigenvalue weighted by Crippen LogP contribution is 2.23. The van der Waals surface area contributed by atoms with E-state index in [1.54, 1.807) is 6.92 Å². The fraction of sp³-hybridized carbons (Fsp3) is 0.375. The third-order valence-corrected chi connectivity index (χ3v) is 3.82.